The average Bonchev–Trinajstić information content (AvgIpc) is 2.51. The monoisotopic (exact) mass is 384 g/mol. The van der Waals surface area contributed by atoms with Gasteiger partial charge in [0.25, 0.3) is 11.6 Å². The van der Waals surface area contributed by atoms with Crippen molar-refractivity contribution in [3.8, 4) is 0 Å². The Bertz CT molecular complexity index is 634. The summed E-state index contributed by atoms with van der Waals surface area (Å²) in [5, 5.41) is 19.7. The normalized spacial score (nSPS) is 17.8. The minimum absolute atomic E-state index is 0.0923. The van der Waals surface area contributed by atoms with Crippen LogP contribution in [0.25, 0.3) is 0 Å². The van der Waals surface area contributed by atoms with Gasteiger partial charge in [0.15, 0.2) is 0 Å². The molecule has 1 aromatic rings. The second-order valence-electron chi connectivity index (χ2n) is 5.65. The molecule has 1 amide bonds. The highest BCUT2D eigenvalue weighted by Gasteiger charge is 2.26. The van der Waals surface area contributed by atoms with Crippen molar-refractivity contribution in [1.29, 1.82) is 0 Å². The molecule has 1 aliphatic rings. The number of rotatable bonds is 5. The number of amides is 1. The summed E-state index contributed by atoms with van der Waals surface area (Å²) in [5.74, 6) is -0.934. The van der Waals surface area contributed by atoms with Crippen molar-refractivity contribution in [3.63, 3.8) is 0 Å². The summed E-state index contributed by atoms with van der Waals surface area (Å²) >= 11 is 3.19. The fraction of sp³-hybridized carbons (Fsp3) is 0.467. The van der Waals surface area contributed by atoms with Crippen molar-refractivity contribution in [2.24, 2.45) is 5.92 Å². The topological polar surface area (TPSA) is 101 Å². The molecule has 0 bridgehead atoms. The van der Waals surface area contributed by atoms with E-state index in [0.717, 1.165) is 12.8 Å². The molecular formula is C15H17BrN2O5. The first-order chi connectivity index (χ1) is 10.9. The maximum atomic E-state index is 12.6. The highest BCUT2D eigenvalue weighted by molar-refractivity contribution is 9.10. The smallest absolute Gasteiger partial charge is 0.303 e. The first-order valence-electron chi connectivity index (χ1n) is 7.33. The SMILES string of the molecule is O=C(O)CCC1CCCN(C(=O)c2cc(Br)cc([N+](=O)[O-])c2)C1. The summed E-state index contributed by atoms with van der Waals surface area (Å²) in [4.78, 5) is 35.3. The van der Waals surface area contributed by atoms with Crippen molar-refractivity contribution < 1.29 is 19.6 Å². The van der Waals surface area contributed by atoms with Gasteiger partial charge in [-0.3, -0.25) is 19.7 Å². The molecule has 1 aliphatic heterocycles. The summed E-state index contributed by atoms with van der Waals surface area (Å²) in [6.07, 6.45) is 2.34. The van der Waals surface area contributed by atoms with Crippen molar-refractivity contribution >= 4 is 33.5 Å². The Kier molecular flexibility index (Phi) is 5.70. The lowest BCUT2D eigenvalue weighted by Crippen LogP contribution is -2.40. The average molecular weight is 385 g/mol. The molecule has 0 aromatic heterocycles. The minimum atomic E-state index is -0.837. The highest BCUT2D eigenvalue weighted by atomic mass is 79.9. The van der Waals surface area contributed by atoms with E-state index in [9.17, 15) is 19.7 Å². The van der Waals surface area contributed by atoms with E-state index in [-0.39, 0.29) is 29.5 Å². The molecule has 2 rings (SSSR count). The molecule has 1 aromatic carbocycles. The number of hydrogen-bond acceptors (Lipinski definition) is 4. The maximum Gasteiger partial charge on any atom is 0.303 e. The van der Waals surface area contributed by atoms with Crippen LogP contribution in [0.2, 0.25) is 0 Å². The second kappa shape index (κ2) is 7.54. The van der Waals surface area contributed by atoms with Crippen LogP contribution in [0.4, 0.5) is 5.69 Å². The van der Waals surface area contributed by atoms with Gasteiger partial charge in [0, 0.05) is 41.7 Å². The second-order valence-corrected chi connectivity index (χ2v) is 6.56. The Morgan fingerprint density at radius 3 is 2.78 bits per heavy atom. The Labute approximate surface area is 141 Å². The Morgan fingerprint density at radius 2 is 2.13 bits per heavy atom. The zero-order chi connectivity index (χ0) is 17.0. The number of carbonyl (C=O) groups excluding carboxylic acids is 1. The number of benzene rings is 1. The lowest BCUT2D eigenvalue weighted by atomic mass is 9.93. The molecule has 7 nitrogen and oxygen atoms in total. The van der Waals surface area contributed by atoms with E-state index in [2.05, 4.69) is 15.9 Å². The molecule has 1 N–H and O–H groups in total. The molecular weight excluding hydrogens is 368 g/mol. The van der Waals surface area contributed by atoms with Gasteiger partial charge in [-0.25, -0.2) is 0 Å². The van der Waals surface area contributed by atoms with Gasteiger partial charge >= 0.3 is 5.97 Å². The fourth-order valence-electron chi connectivity index (χ4n) is 2.80. The van der Waals surface area contributed by atoms with Crippen LogP contribution in [0.5, 0.6) is 0 Å². The standard InChI is InChI=1S/C15H17BrN2O5/c16-12-6-11(7-13(8-12)18(22)23)15(21)17-5-1-2-10(9-17)3-4-14(19)20/h6-8,10H,1-5,9H2,(H,19,20). The predicted octanol–water partition coefficient (Wildman–Crippen LogP) is 3.07. The lowest BCUT2D eigenvalue weighted by Gasteiger charge is -2.32. The molecule has 0 aliphatic carbocycles. The summed E-state index contributed by atoms with van der Waals surface area (Å²) in [6.45, 7) is 1.08. The number of hydrogen-bond donors (Lipinski definition) is 1. The van der Waals surface area contributed by atoms with Gasteiger partial charge in [-0.1, -0.05) is 15.9 Å². The zero-order valence-corrected chi connectivity index (χ0v) is 14.0. The van der Waals surface area contributed by atoms with Gasteiger partial charge in [-0.2, -0.15) is 0 Å². The first kappa shape index (κ1) is 17.4. The van der Waals surface area contributed by atoms with Gasteiger partial charge in [-0.15, -0.1) is 0 Å². The fourth-order valence-corrected chi connectivity index (χ4v) is 3.28. The molecule has 1 fully saturated rings. The van der Waals surface area contributed by atoms with Crippen LogP contribution in [-0.2, 0) is 4.79 Å². The van der Waals surface area contributed by atoms with E-state index in [1.54, 1.807) is 11.0 Å². The number of likely N-dealkylation sites (tertiary alicyclic amines) is 1. The van der Waals surface area contributed by atoms with Crippen LogP contribution in [0.1, 0.15) is 36.0 Å². The highest BCUT2D eigenvalue weighted by Crippen LogP contribution is 2.26. The summed E-state index contributed by atoms with van der Waals surface area (Å²) in [7, 11) is 0. The summed E-state index contributed by atoms with van der Waals surface area (Å²) < 4.78 is 0.481. The van der Waals surface area contributed by atoms with Gasteiger partial charge in [0.2, 0.25) is 0 Å². The number of aliphatic carboxylic acids is 1. The Morgan fingerprint density at radius 1 is 1.39 bits per heavy atom. The van der Waals surface area contributed by atoms with Crippen molar-refractivity contribution in [1.82, 2.24) is 4.90 Å². The number of piperidine rings is 1. The lowest BCUT2D eigenvalue weighted by molar-refractivity contribution is -0.385. The molecule has 8 heteroatoms. The summed E-state index contributed by atoms with van der Waals surface area (Å²) in [6, 6.07) is 4.19. The number of nitro groups is 1. The van der Waals surface area contributed by atoms with E-state index in [0.29, 0.717) is 24.0 Å². The van der Waals surface area contributed by atoms with Crippen LogP contribution in [0, 0.1) is 16.0 Å². The van der Waals surface area contributed by atoms with Crippen LogP contribution in [0.3, 0.4) is 0 Å². The molecule has 124 valence electrons. The number of non-ortho nitro benzene ring substituents is 1. The Balaban J connectivity index is 2.10. The molecule has 1 saturated heterocycles. The number of carbonyl (C=O) groups is 2. The van der Waals surface area contributed by atoms with E-state index in [4.69, 9.17) is 5.11 Å². The van der Waals surface area contributed by atoms with Crippen LogP contribution < -0.4 is 0 Å². The van der Waals surface area contributed by atoms with E-state index < -0.39 is 10.9 Å². The van der Waals surface area contributed by atoms with Crippen molar-refractivity contribution in [2.75, 3.05) is 13.1 Å². The molecule has 1 atom stereocenters. The zero-order valence-electron chi connectivity index (χ0n) is 12.4. The third kappa shape index (κ3) is 4.75. The molecule has 0 radical (unpaired) electrons. The van der Waals surface area contributed by atoms with Gasteiger partial charge < -0.3 is 10.0 Å². The van der Waals surface area contributed by atoms with Crippen LogP contribution >= 0.6 is 15.9 Å². The van der Waals surface area contributed by atoms with Gasteiger partial charge in [-0.05, 0) is 31.2 Å². The Hall–Kier alpha value is -1.96. The molecule has 1 heterocycles. The third-order valence-electron chi connectivity index (χ3n) is 3.91. The van der Waals surface area contributed by atoms with E-state index >= 15 is 0 Å². The quantitative estimate of drug-likeness (QED) is 0.620. The minimum Gasteiger partial charge on any atom is -0.481 e. The number of carboxylic acid groups (broad SMARTS) is 1. The van der Waals surface area contributed by atoms with Gasteiger partial charge in [0.05, 0.1) is 4.92 Å². The molecule has 0 spiro atoms. The van der Waals surface area contributed by atoms with Gasteiger partial charge in [0.1, 0.15) is 0 Å². The van der Waals surface area contributed by atoms with Crippen molar-refractivity contribution in [3.05, 3.63) is 38.3 Å². The van der Waals surface area contributed by atoms with E-state index in [1.807, 2.05) is 0 Å². The number of carboxylic acids is 1. The largest absolute Gasteiger partial charge is 0.481 e. The van der Waals surface area contributed by atoms with Crippen molar-refractivity contribution in [2.45, 2.75) is 25.7 Å². The number of nitrogens with zero attached hydrogens (tertiary/aromatic N) is 2. The number of nitro benzene ring substituents is 1. The van der Waals surface area contributed by atoms with Crippen LogP contribution in [0.15, 0.2) is 22.7 Å². The third-order valence-corrected chi connectivity index (χ3v) is 4.37. The number of halogens is 1. The summed E-state index contributed by atoms with van der Waals surface area (Å²) in [5.41, 5.74) is 0.132. The first-order valence-corrected chi connectivity index (χ1v) is 8.12. The molecule has 0 saturated carbocycles. The maximum absolute atomic E-state index is 12.6. The molecule has 1 unspecified atom stereocenters. The van der Waals surface area contributed by atoms with Crippen LogP contribution in [-0.4, -0.2) is 39.9 Å². The van der Waals surface area contributed by atoms with E-state index in [1.165, 1.54) is 12.1 Å². The predicted molar refractivity (Wildman–Crippen MR) is 86.3 cm³/mol. The molecule has 23 heavy (non-hydrogen) atoms.